The van der Waals surface area contributed by atoms with Gasteiger partial charge in [-0.05, 0) is 55.2 Å². The van der Waals surface area contributed by atoms with Gasteiger partial charge in [-0.15, -0.1) is 0 Å². The summed E-state index contributed by atoms with van der Waals surface area (Å²) in [4.78, 5) is 29.8. The van der Waals surface area contributed by atoms with Crippen molar-refractivity contribution in [2.75, 3.05) is 44.7 Å². The molecule has 2 heterocycles. The fraction of sp³-hybridized carbons (Fsp3) is 0.417. The molecule has 170 valence electrons. The molecule has 8 heteroatoms. The van der Waals surface area contributed by atoms with Gasteiger partial charge in [-0.2, -0.15) is 0 Å². The van der Waals surface area contributed by atoms with E-state index >= 15 is 0 Å². The lowest BCUT2D eigenvalue weighted by molar-refractivity contribution is -0.142. The maximum atomic E-state index is 13.9. The smallest absolute Gasteiger partial charge is 0.321 e. The maximum Gasteiger partial charge on any atom is 0.321 e. The molecule has 0 spiro atoms. The van der Waals surface area contributed by atoms with Crippen molar-refractivity contribution < 1.29 is 18.7 Å². The number of urea groups is 1. The molecule has 2 aromatic carbocycles. The number of nitrogens with one attached hydrogen (secondary N) is 1. The van der Waals surface area contributed by atoms with E-state index in [2.05, 4.69) is 5.32 Å². The third-order valence-corrected chi connectivity index (χ3v) is 6.82. The third-order valence-electron chi connectivity index (χ3n) is 6.41. The molecule has 0 saturated carbocycles. The number of nitrogens with zero attached hydrogens (tertiary/aromatic N) is 2. The first-order chi connectivity index (χ1) is 15.4. The number of aryl methyl sites for hydroxylation is 1. The molecule has 0 atom stereocenters. The van der Waals surface area contributed by atoms with Gasteiger partial charge >= 0.3 is 6.03 Å². The summed E-state index contributed by atoms with van der Waals surface area (Å²) < 4.78 is 19.4. The van der Waals surface area contributed by atoms with Crippen LogP contribution in [0.25, 0.3) is 0 Å². The van der Waals surface area contributed by atoms with Crippen LogP contribution in [0.1, 0.15) is 24.0 Å². The molecule has 0 bridgehead atoms. The molecular formula is C24H27ClFN3O3. The fourth-order valence-corrected chi connectivity index (χ4v) is 4.60. The Morgan fingerprint density at radius 3 is 2.38 bits per heavy atom. The van der Waals surface area contributed by atoms with Gasteiger partial charge in [0.05, 0.1) is 5.41 Å². The standard InChI is InChI=1S/C24H27ClFN3O3/c1-17-5-6-20(16-21(17)25)27-23(31)29-11-9-28(10-12-29)22(30)24(7-13-32-14-8-24)18-3-2-4-19(26)15-18/h2-6,15-16H,7-14H2,1H3,(H,27,31). The molecule has 2 saturated heterocycles. The van der Waals surface area contributed by atoms with Crippen molar-refractivity contribution in [3.63, 3.8) is 0 Å². The van der Waals surface area contributed by atoms with E-state index in [0.717, 1.165) is 5.56 Å². The lowest BCUT2D eigenvalue weighted by Gasteiger charge is -2.43. The van der Waals surface area contributed by atoms with Gasteiger partial charge in [0, 0.05) is 50.1 Å². The number of amides is 3. The normalized spacial score (nSPS) is 18.3. The van der Waals surface area contributed by atoms with E-state index in [4.69, 9.17) is 16.3 Å². The number of carbonyl (C=O) groups excluding carboxylic acids is 2. The number of halogens is 2. The maximum absolute atomic E-state index is 13.9. The molecule has 0 aromatic heterocycles. The molecule has 0 aliphatic carbocycles. The van der Waals surface area contributed by atoms with Crippen LogP contribution in [0, 0.1) is 12.7 Å². The van der Waals surface area contributed by atoms with Gasteiger partial charge in [0.1, 0.15) is 5.82 Å². The first kappa shape index (κ1) is 22.6. The Kier molecular flexibility index (Phi) is 6.67. The average Bonchev–Trinajstić information content (AvgIpc) is 2.81. The molecule has 2 fully saturated rings. The van der Waals surface area contributed by atoms with Crippen LogP contribution in [0.2, 0.25) is 5.02 Å². The molecule has 6 nitrogen and oxygen atoms in total. The molecule has 2 aromatic rings. The van der Waals surface area contributed by atoms with Gasteiger partial charge in [0.2, 0.25) is 5.91 Å². The van der Waals surface area contributed by atoms with E-state index < -0.39 is 5.41 Å². The van der Waals surface area contributed by atoms with Crippen LogP contribution in [0.15, 0.2) is 42.5 Å². The Balaban J connectivity index is 1.42. The van der Waals surface area contributed by atoms with E-state index in [1.165, 1.54) is 12.1 Å². The Morgan fingerprint density at radius 1 is 1.03 bits per heavy atom. The van der Waals surface area contributed by atoms with Gasteiger partial charge in [-0.25, -0.2) is 9.18 Å². The molecule has 3 amide bonds. The highest BCUT2D eigenvalue weighted by atomic mass is 35.5. The zero-order valence-electron chi connectivity index (χ0n) is 18.1. The predicted octanol–water partition coefficient (Wildman–Crippen LogP) is 4.21. The average molecular weight is 460 g/mol. The minimum absolute atomic E-state index is 0.0169. The summed E-state index contributed by atoms with van der Waals surface area (Å²) in [5, 5.41) is 3.46. The topological polar surface area (TPSA) is 61.9 Å². The van der Waals surface area contributed by atoms with Crippen molar-refractivity contribution in [2.24, 2.45) is 0 Å². The van der Waals surface area contributed by atoms with Gasteiger partial charge in [0.25, 0.3) is 0 Å². The second kappa shape index (κ2) is 9.46. The van der Waals surface area contributed by atoms with E-state index in [1.807, 2.05) is 25.1 Å². The monoisotopic (exact) mass is 459 g/mol. The lowest BCUT2D eigenvalue weighted by Crippen LogP contribution is -2.57. The van der Waals surface area contributed by atoms with E-state index in [1.54, 1.807) is 21.9 Å². The van der Waals surface area contributed by atoms with Crippen molar-refractivity contribution >= 4 is 29.2 Å². The van der Waals surface area contributed by atoms with Crippen LogP contribution < -0.4 is 5.32 Å². The van der Waals surface area contributed by atoms with Crippen LogP contribution >= 0.6 is 11.6 Å². The first-order valence-corrected chi connectivity index (χ1v) is 11.2. The number of piperazine rings is 1. The quantitative estimate of drug-likeness (QED) is 0.747. The molecule has 0 unspecified atom stereocenters. The number of ether oxygens (including phenoxy) is 1. The highest BCUT2D eigenvalue weighted by molar-refractivity contribution is 6.31. The van der Waals surface area contributed by atoms with Crippen LogP contribution in [0.3, 0.4) is 0 Å². The van der Waals surface area contributed by atoms with Gasteiger partial charge < -0.3 is 19.9 Å². The number of carbonyl (C=O) groups is 2. The summed E-state index contributed by atoms with van der Waals surface area (Å²) >= 11 is 6.14. The summed E-state index contributed by atoms with van der Waals surface area (Å²) in [6.45, 7) is 4.53. The SMILES string of the molecule is Cc1ccc(NC(=O)N2CCN(C(=O)C3(c4cccc(F)c4)CCOCC3)CC2)cc1Cl. The second-order valence-electron chi connectivity index (χ2n) is 8.38. The summed E-state index contributed by atoms with van der Waals surface area (Å²) in [6, 6.07) is 11.5. The van der Waals surface area contributed by atoms with Crippen LogP contribution in [0.4, 0.5) is 14.9 Å². The third kappa shape index (κ3) is 4.59. The van der Waals surface area contributed by atoms with Crippen LogP contribution in [-0.2, 0) is 14.9 Å². The van der Waals surface area contributed by atoms with Crippen molar-refractivity contribution in [3.8, 4) is 0 Å². The van der Waals surface area contributed by atoms with Gasteiger partial charge in [-0.1, -0.05) is 29.8 Å². The number of rotatable bonds is 3. The zero-order chi connectivity index (χ0) is 22.7. The van der Waals surface area contributed by atoms with Crippen molar-refractivity contribution in [3.05, 3.63) is 64.4 Å². The molecule has 4 rings (SSSR count). The number of hydrogen-bond donors (Lipinski definition) is 1. The molecule has 32 heavy (non-hydrogen) atoms. The number of anilines is 1. The summed E-state index contributed by atoms with van der Waals surface area (Å²) in [7, 11) is 0. The van der Waals surface area contributed by atoms with Crippen molar-refractivity contribution in [1.29, 1.82) is 0 Å². The minimum Gasteiger partial charge on any atom is -0.381 e. The Labute approximate surface area is 192 Å². The highest BCUT2D eigenvalue weighted by Crippen LogP contribution is 2.37. The Hall–Kier alpha value is -2.64. The Morgan fingerprint density at radius 2 is 1.72 bits per heavy atom. The number of benzene rings is 2. The Bertz CT molecular complexity index is 1000. The molecule has 0 radical (unpaired) electrons. The van der Waals surface area contributed by atoms with Crippen molar-refractivity contribution in [2.45, 2.75) is 25.2 Å². The fourth-order valence-electron chi connectivity index (χ4n) is 4.42. The van der Waals surface area contributed by atoms with Crippen LogP contribution in [0.5, 0.6) is 0 Å². The predicted molar refractivity (Wildman–Crippen MR) is 121 cm³/mol. The summed E-state index contributed by atoms with van der Waals surface area (Å²) in [5.74, 6) is -0.365. The first-order valence-electron chi connectivity index (χ1n) is 10.8. The van der Waals surface area contributed by atoms with E-state index in [0.29, 0.717) is 68.5 Å². The largest absolute Gasteiger partial charge is 0.381 e. The summed E-state index contributed by atoms with van der Waals surface area (Å²) in [5.41, 5.74) is 1.49. The molecule has 2 aliphatic heterocycles. The number of hydrogen-bond acceptors (Lipinski definition) is 3. The molecule has 2 aliphatic rings. The van der Waals surface area contributed by atoms with Gasteiger partial charge in [0.15, 0.2) is 0 Å². The molecule has 1 N–H and O–H groups in total. The minimum atomic E-state index is -0.788. The highest BCUT2D eigenvalue weighted by Gasteiger charge is 2.45. The molecular weight excluding hydrogens is 433 g/mol. The van der Waals surface area contributed by atoms with Crippen molar-refractivity contribution in [1.82, 2.24) is 9.80 Å². The lowest BCUT2D eigenvalue weighted by atomic mass is 9.73. The van der Waals surface area contributed by atoms with Crippen LogP contribution in [-0.4, -0.2) is 61.1 Å². The van der Waals surface area contributed by atoms with Gasteiger partial charge in [-0.3, -0.25) is 4.79 Å². The van der Waals surface area contributed by atoms with E-state index in [9.17, 15) is 14.0 Å². The van der Waals surface area contributed by atoms with E-state index in [-0.39, 0.29) is 17.8 Å². The summed E-state index contributed by atoms with van der Waals surface area (Å²) in [6.07, 6.45) is 1.04. The zero-order valence-corrected chi connectivity index (χ0v) is 18.8. The second-order valence-corrected chi connectivity index (χ2v) is 8.79.